The van der Waals surface area contributed by atoms with E-state index in [4.69, 9.17) is 61.9 Å². The van der Waals surface area contributed by atoms with Crippen LogP contribution in [0.1, 0.15) is 41.5 Å². The molecule has 6 atom stereocenters. The number of nitrogens with zero attached hydrogens (tertiary/aromatic N) is 1. The second-order valence-corrected chi connectivity index (χ2v) is 12.2. The van der Waals surface area contributed by atoms with E-state index in [0.717, 1.165) is 0 Å². The first-order valence-corrected chi connectivity index (χ1v) is 18.2. The Balaban J connectivity index is 1.95. The van der Waals surface area contributed by atoms with Crippen molar-refractivity contribution in [1.29, 1.82) is 0 Å². The fourth-order valence-corrected chi connectivity index (χ4v) is 4.05. The van der Waals surface area contributed by atoms with Gasteiger partial charge in [0.15, 0.2) is 0 Å². The van der Waals surface area contributed by atoms with Crippen LogP contribution in [0, 0.1) is 10.1 Å². The van der Waals surface area contributed by atoms with E-state index < -0.39 is 4.92 Å². The molecule has 52 heavy (non-hydrogen) atoms. The third kappa shape index (κ3) is 28.4. The van der Waals surface area contributed by atoms with Gasteiger partial charge >= 0.3 is 0 Å². The zero-order valence-corrected chi connectivity index (χ0v) is 32.1. The van der Waals surface area contributed by atoms with Crippen LogP contribution in [0.4, 0.5) is 5.69 Å². The molecule has 1 aromatic rings. The number of benzene rings is 1. The molecule has 0 bridgehead atoms. The van der Waals surface area contributed by atoms with Crippen molar-refractivity contribution < 1.29 is 66.9 Å². The average Bonchev–Trinajstić information content (AvgIpc) is 3.13. The Morgan fingerprint density at radius 3 is 1.25 bits per heavy atom. The lowest BCUT2D eigenvalue weighted by Crippen LogP contribution is -2.30. The van der Waals surface area contributed by atoms with E-state index in [1.807, 2.05) is 41.5 Å². The molecule has 1 aromatic carbocycles. The van der Waals surface area contributed by atoms with E-state index in [-0.39, 0.29) is 48.9 Å². The summed E-state index contributed by atoms with van der Waals surface area (Å²) in [5.74, 6) is 0.551. The fourth-order valence-electron chi connectivity index (χ4n) is 4.05. The molecule has 1 rings (SSSR count). The summed E-state index contributed by atoms with van der Waals surface area (Å²) in [6, 6.07) is 5.92. The molecular formula is C36H65NO15. The predicted molar refractivity (Wildman–Crippen MR) is 192 cm³/mol. The number of non-ortho nitro benzene ring substituents is 1. The van der Waals surface area contributed by atoms with Gasteiger partial charge in [-0.25, -0.2) is 0 Å². The first-order chi connectivity index (χ1) is 25.1. The van der Waals surface area contributed by atoms with Crippen LogP contribution in [0.2, 0.25) is 0 Å². The number of nitro groups is 1. The Bertz CT molecular complexity index is 960. The zero-order valence-electron chi connectivity index (χ0n) is 32.1. The summed E-state index contributed by atoms with van der Waals surface area (Å²) in [5.41, 5.74) is 0.0213. The minimum Gasteiger partial charge on any atom is -0.491 e. The number of nitro benzene ring substituents is 1. The van der Waals surface area contributed by atoms with Crippen molar-refractivity contribution in [3.8, 4) is 5.75 Å². The molecule has 0 aromatic heterocycles. The maximum atomic E-state index is 10.7. The first kappa shape index (κ1) is 48.0. The minimum atomic E-state index is -0.451. The van der Waals surface area contributed by atoms with Gasteiger partial charge < -0.3 is 61.9 Å². The Morgan fingerprint density at radius 1 is 0.481 bits per heavy atom. The molecule has 0 aliphatic rings. The minimum absolute atomic E-state index is 0.0142. The van der Waals surface area contributed by atoms with E-state index >= 15 is 0 Å². The molecular weight excluding hydrogens is 686 g/mol. The summed E-state index contributed by atoms with van der Waals surface area (Å²) >= 11 is 0. The normalized spacial score (nSPS) is 15.2. The molecule has 6 unspecified atom stereocenters. The standard InChI is InChI=1S/C36H65NO15/c1-29(23-45-18-17-44-20-22-47-36-9-7-35(8-10-36)37(39)40)48-25-31(3)50-27-33(5)52-28-34(6)51-26-32(4)49-24-30(2)46-21-19-43-16-15-42-14-13-41-12-11-38/h7-10,29-34,38H,11-28H2,1-6H3. The summed E-state index contributed by atoms with van der Waals surface area (Å²) in [6.07, 6.45) is -0.564. The third-order valence-corrected chi connectivity index (χ3v) is 6.96. The van der Waals surface area contributed by atoms with E-state index in [1.165, 1.54) is 12.1 Å². The van der Waals surface area contributed by atoms with E-state index in [2.05, 4.69) is 0 Å². The van der Waals surface area contributed by atoms with Gasteiger partial charge in [0.2, 0.25) is 0 Å². The zero-order chi connectivity index (χ0) is 38.2. The Labute approximate surface area is 309 Å². The van der Waals surface area contributed by atoms with Crippen LogP contribution in [-0.4, -0.2) is 166 Å². The molecule has 16 heteroatoms. The van der Waals surface area contributed by atoms with Crippen LogP contribution in [0.5, 0.6) is 5.75 Å². The van der Waals surface area contributed by atoms with Gasteiger partial charge in [-0.3, -0.25) is 10.1 Å². The molecule has 0 saturated heterocycles. The molecule has 0 saturated carbocycles. The maximum Gasteiger partial charge on any atom is 0.269 e. The summed E-state index contributed by atoms with van der Waals surface area (Å²) in [5, 5.41) is 19.3. The SMILES string of the molecule is CC(COCCOCCOc1ccc([N+](=O)[O-])cc1)OCC(C)OCC(C)OCC(C)OCC(C)OCC(C)OCCOCCOCCOCCO. The second kappa shape index (κ2) is 32.4. The van der Waals surface area contributed by atoms with Gasteiger partial charge in [0, 0.05) is 12.1 Å². The van der Waals surface area contributed by atoms with Gasteiger partial charge in [-0.05, 0) is 53.7 Å². The molecule has 304 valence electrons. The van der Waals surface area contributed by atoms with Crippen molar-refractivity contribution in [3.63, 3.8) is 0 Å². The number of aliphatic hydroxyl groups is 1. The molecule has 1 N–H and O–H groups in total. The third-order valence-electron chi connectivity index (χ3n) is 6.96. The molecule has 0 radical (unpaired) electrons. The lowest BCUT2D eigenvalue weighted by atomic mass is 10.3. The summed E-state index contributed by atoms with van der Waals surface area (Å²) in [4.78, 5) is 10.2. The van der Waals surface area contributed by atoms with Gasteiger partial charge in [-0.1, -0.05) is 0 Å². The number of hydrogen-bond acceptors (Lipinski definition) is 15. The predicted octanol–water partition coefficient (Wildman–Crippen LogP) is 3.48. The van der Waals surface area contributed by atoms with Crippen LogP contribution < -0.4 is 4.74 Å². The van der Waals surface area contributed by atoms with E-state index in [9.17, 15) is 10.1 Å². The highest BCUT2D eigenvalue weighted by atomic mass is 16.6. The van der Waals surface area contributed by atoms with Crippen LogP contribution >= 0.6 is 0 Å². The van der Waals surface area contributed by atoms with Crippen molar-refractivity contribution in [3.05, 3.63) is 34.4 Å². The highest BCUT2D eigenvalue weighted by molar-refractivity contribution is 5.35. The van der Waals surface area contributed by atoms with Gasteiger partial charge in [0.25, 0.3) is 5.69 Å². The van der Waals surface area contributed by atoms with Crippen molar-refractivity contribution in [2.75, 3.05) is 119 Å². The van der Waals surface area contributed by atoms with Crippen LogP contribution in [-0.2, 0) is 52.1 Å². The number of rotatable bonds is 37. The van der Waals surface area contributed by atoms with E-state index in [0.29, 0.717) is 118 Å². The Hall–Kier alpha value is -2.06. The fraction of sp³-hybridized carbons (Fsp3) is 0.833. The molecule has 16 nitrogen and oxygen atoms in total. The first-order valence-electron chi connectivity index (χ1n) is 18.2. The number of hydrogen-bond donors (Lipinski definition) is 1. The smallest absolute Gasteiger partial charge is 0.269 e. The van der Waals surface area contributed by atoms with E-state index in [1.54, 1.807) is 12.1 Å². The number of ether oxygens (including phenoxy) is 12. The molecule has 0 aliphatic carbocycles. The topological polar surface area (TPSA) is 174 Å². The van der Waals surface area contributed by atoms with Crippen LogP contribution in [0.25, 0.3) is 0 Å². The maximum absolute atomic E-state index is 10.7. The highest BCUT2D eigenvalue weighted by Gasteiger charge is 2.14. The molecule has 0 aliphatic heterocycles. The van der Waals surface area contributed by atoms with Crippen molar-refractivity contribution in [1.82, 2.24) is 0 Å². The van der Waals surface area contributed by atoms with Gasteiger partial charge in [0.05, 0.1) is 154 Å². The monoisotopic (exact) mass is 751 g/mol. The Kier molecular flexibility index (Phi) is 29.9. The molecule has 0 amide bonds. The molecule has 0 spiro atoms. The van der Waals surface area contributed by atoms with Gasteiger partial charge in [-0.15, -0.1) is 0 Å². The van der Waals surface area contributed by atoms with Crippen molar-refractivity contribution in [2.45, 2.75) is 78.2 Å². The summed E-state index contributed by atoms with van der Waals surface area (Å²) in [6.45, 7) is 19.1. The largest absolute Gasteiger partial charge is 0.491 e. The van der Waals surface area contributed by atoms with Crippen molar-refractivity contribution >= 4 is 5.69 Å². The van der Waals surface area contributed by atoms with Crippen molar-refractivity contribution in [2.24, 2.45) is 0 Å². The van der Waals surface area contributed by atoms with Gasteiger partial charge in [0.1, 0.15) is 12.4 Å². The second-order valence-electron chi connectivity index (χ2n) is 12.2. The average molecular weight is 752 g/mol. The molecule has 0 heterocycles. The van der Waals surface area contributed by atoms with Crippen LogP contribution in [0.15, 0.2) is 24.3 Å². The quantitative estimate of drug-likeness (QED) is 0.0594. The lowest BCUT2D eigenvalue weighted by molar-refractivity contribution is -0.384. The van der Waals surface area contributed by atoms with Crippen LogP contribution in [0.3, 0.4) is 0 Å². The van der Waals surface area contributed by atoms with Gasteiger partial charge in [-0.2, -0.15) is 0 Å². The highest BCUT2D eigenvalue weighted by Crippen LogP contribution is 2.17. The lowest BCUT2D eigenvalue weighted by Gasteiger charge is -2.22. The molecule has 0 fully saturated rings. The number of aliphatic hydroxyl groups excluding tert-OH is 1. The Morgan fingerprint density at radius 2 is 0.827 bits per heavy atom. The summed E-state index contributed by atoms with van der Waals surface area (Å²) in [7, 11) is 0. The summed E-state index contributed by atoms with van der Waals surface area (Å²) < 4.78 is 67.7.